The van der Waals surface area contributed by atoms with Gasteiger partial charge in [-0.1, -0.05) is 13.0 Å². The van der Waals surface area contributed by atoms with Crippen LogP contribution in [0.25, 0.3) is 0 Å². The SMILES string of the molecule is CN=C(NCC(C)c1cccs1)NCC(C)(C)N(C)C. The Balaban J connectivity index is 2.41. The monoisotopic (exact) mass is 296 g/mol. The van der Waals surface area contributed by atoms with Gasteiger partial charge in [0, 0.05) is 36.5 Å². The number of nitrogens with one attached hydrogen (secondary N) is 2. The Kier molecular flexibility index (Phi) is 6.49. The summed E-state index contributed by atoms with van der Waals surface area (Å²) in [6.07, 6.45) is 0. The van der Waals surface area contributed by atoms with Crippen LogP contribution in [0.3, 0.4) is 0 Å². The van der Waals surface area contributed by atoms with E-state index >= 15 is 0 Å². The molecule has 1 rings (SSSR count). The fourth-order valence-corrected chi connectivity index (χ4v) is 2.39. The van der Waals surface area contributed by atoms with E-state index in [1.165, 1.54) is 4.88 Å². The van der Waals surface area contributed by atoms with E-state index in [4.69, 9.17) is 0 Å². The van der Waals surface area contributed by atoms with Gasteiger partial charge in [0.2, 0.25) is 0 Å². The van der Waals surface area contributed by atoms with Crippen molar-refractivity contribution in [1.82, 2.24) is 15.5 Å². The van der Waals surface area contributed by atoms with Crippen molar-refractivity contribution in [2.45, 2.75) is 32.2 Å². The van der Waals surface area contributed by atoms with Crippen LogP contribution in [0.1, 0.15) is 31.6 Å². The molecule has 4 nitrogen and oxygen atoms in total. The predicted molar refractivity (Wildman–Crippen MR) is 89.9 cm³/mol. The molecular weight excluding hydrogens is 268 g/mol. The van der Waals surface area contributed by atoms with Crippen LogP contribution in [0.4, 0.5) is 0 Å². The van der Waals surface area contributed by atoms with E-state index in [9.17, 15) is 0 Å². The van der Waals surface area contributed by atoms with Crippen LogP contribution in [0.2, 0.25) is 0 Å². The molecule has 20 heavy (non-hydrogen) atoms. The Morgan fingerprint density at radius 3 is 2.60 bits per heavy atom. The van der Waals surface area contributed by atoms with E-state index in [2.05, 4.69) is 72.9 Å². The summed E-state index contributed by atoms with van der Waals surface area (Å²) in [4.78, 5) is 7.90. The van der Waals surface area contributed by atoms with Gasteiger partial charge in [0.1, 0.15) is 0 Å². The van der Waals surface area contributed by atoms with Gasteiger partial charge in [-0.25, -0.2) is 0 Å². The highest BCUT2D eigenvalue weighted by atomic mass is 32.1. The molecule has 0 aliphatic heterocycles. The molecule has 114 valence electrons. The third-order valence-electron chi connectivity index (χ3n) is 3.73. The van der Waals surface area contributed by atoms with Gasteiger partial charge >= 0.3 is 0 Å². The molecule has 1 atom stereocenters. The van der Waals surface area contributed by atoms with Crippen molar-refractivity contribution < 1.29 is 0 Å². The molecule has 0 bridgehead atoms. The first-order valence-electron chi connectivity index (χ1n) is 7.02. The van der Waals surface area contributed by atoms with Crippen molar-refractivity contribution in [1.29, 1.82) is 0 Å². The zero-order chi connectivity index (χ0) is 15.2. The molecule has 0 spiro atoms. The summed E-state index contributed by atoms with van der Waals surface area (Å²) in [5, 5.41) is 8.91. The molecule has 0 fully saturated rings. The molecule has 1 aromatic rings. The van der Waals surface area contributed by atoms with Gasteiger partial charge in [0.15, 0.2) is 5.96 Å². The molecule has 0 amide bonds. The summed E-state index contributed by atoms with van der Waals surface area (Å²) in [6.45, 7) is 8.40. The van der Waals surface area contributed by atoms with Gasteiger partial charge < -0.3 is 15.5 Å². The molecular formula is C15H28N4S. The molecule has 0 aliphatic carbocycles. The summed E-state index contributed by atoms with van der Waals surface area (Å²) in [6, 6.07) is 4.28. The van der Waals surface area contributed by atoms with Crippen LogP contribution in [-0.2, 0) is 0 Å². The van der Waals surface area contributed by atoms with Gasteiger partial charge in [-0.15, -0.1) is 11.3 Å². The van der Waals surface area contributed by atoms with Gasteiger partial charge in [-0.3, -0.25) is 4.99 Å². The number of hydrogen-bond acceptors (Lipinski definition) is 3. The Hall–Kier alpha value is -1.07. The number of hydrogen-bond donors (Lipinski definition) is 2. The maximum absolute atomic E-state index is 4.28. The number of aliphatic imine (C=N–C) groups is 1. The lowest BCUT2D eigenvalue weighted by molar-refractivity contribution is 0.197. The topological polar surface area (TPSA) is 39.7 Å². The normalized spacial score (nSPS) is 14.4. The van der Waals surface area contributed by atoms with Crippen molar-refractivity contribution in [3.8, 4) is 0 Å². The molecule has 0 saturated carbocycles. The Morgan fingerprint density at radius 1 is 1.40 bits per heavy atom. The summed E-state index contributed by atoms with van der Waals surface area (Å²) < 4.78 is 0. The Bertz CT molecular complexity index is 410. The maximum Gasteiger partial charge on any atom is 0.191 e. The summed E-state index contributed by atoms with van der Waals surface area (Å²) in [5.74, 6) is 1.36. The summed E-state index contributed by atoms with van der Waals surface area (Å²) in [7, 11) is 6.00. The van der Waals surface area contributed by atoms with Gasteiger partial charge in [0.25, 0.3) is 0 Å². The number of guanidine groups is 1. The van der Waals surface area contributed by atoms with Crippen molar-refractivity contribution in [3.05, 3.63) is 22.4 Å². The third-order valence-corrected chi connectivity index (χ3v) is 4.83. The quantitative estimate of drug-likeness (QED) is 0.625. The minimum atomic E-state index is 0.0942. The van der Waals surface area contributed by atoms with E-state index < -0.39 is 0 Å². The lowest BCUT2D eigenvalue weighted by Crippen LogP contribution is -2.51. The first-order chi connectivity index (χ1) is 9.36. The fraction of sp³-hybridized carbons (Fsp3) is 0.667. The molecule has 0 aliphatic rings. The van der Waals surface area contributed by atoms with E-state index in [0.717, 1.165) is 19.0 Å². The van der Waals surface area contributed by atoms with Crippen molar-refractivity contribution in [3.63, 3.8) is 0 Å². The number of rotatable bonds is 6. The van der Waals surface area contributed by atoms with Gasteiger partial charge in [-0.05, 0) is 39.4 Å². The first kappa shape index (κ1) is 17.0. The second-order valence-corrected chi connectivity index (χ2v) is 6.91. The minimum absolute atomic E-state index is 0.0942. The zero-order valence-electron chi connectivity index (χ0n) is 13.5. The summed E-state index contributed by atoms with van der Waals surface area (Å²) in [5.41, 5.74) is 0.0942. The zero-order valence-corrected chi connectivity index (χ0v) is 14.3. The van der Waals surface area contributed by atoms with E-state index in [1.54, 1.807) is 11.3 Å². The highest BCUT2D eigenvalue weighted by molar-refractivity contribution is 7.10. The van der Waals surface area contributed by atoms with Crippen molar-refractivity contribution in [2.24, 2.45) is 4.99 Å². The number of likely N-dealkylation sites (N-methyl/N-ethyl adjacent to an activating group) is 1. The molecule has 1 unspecified atom stereocenters. The largest absolute Gasteiger partial charge is 0.356 e. The second kappa shape index (κ2) is 7.64. The lowest BCUT2D eigenvalue weighted by Gasteiger charge is -2.33. The van der Waals surface area contributed by atoms with Crippen LogP contribution >= 0.6 is 11.3 Å². The van der Waals surface area contributed by atoms with Crippen LogP contribution in [0, 0.1) is 0 Å². The maximum atomic E-state index is 4.28. The van der Waals surface area contributed by atoms with E-state index in [1.807, 2.05) is 7.05 Å². The molecule has 1 heterocycles. The molecule has 2 N–H and O–H groups in total. The van der Waals surface area contributed by atoms with Crippen LogP contribution in [-0.4, -0.2) is 50.6 Å². The van der Waals surface area contributed by atoms with Crippen LogP contribution in [0.15, 0.2) is 22.5 Å². The van der Waals surface area contributed by atoms with Crippen LogP contribution < -0.4 is 10.6 Å². The molecule has 0 saturated heterocycles. The third kappa shape index (κ3) is 5.13. The highest BCUT2D eigenvalue weighted by Gasteiger charge is 2.20. The average Bonchev–Trinajstić information content (AvgIpc) is 2.92. The van der Waals surface area contributed by atoms with Crippen molar-refractivity contribution in [2.75, 3.05) is 34.2 Å². The first-order valence-corrected chi connectivity index (χ1v) is 7.90. The molecule has 0 radical (unpaired) electrons. The van der Waals surface area contributed by atoms with E-state index in [-0.39, 0.29) is 5.54 Å². The summed E-state index contributed by atoms with van der Waals surface area (Å²) >= 11 is 1.80. The fourth-order valence-electron chi connectivity index (χ4n) is 1.60. The molecule has 0 aromatic carbocycles. The van der Waals surface area contributed by atoms with Crippen LogP contribution in [0.5, 0.6) is 0 Å². The van der Waals surface area contributed by atoms with Gasteiger partial charge in [0.05, 0.1) is 0 Å². The second-order valence-electron chi connectivity index (χ2n) is 5.93. The minimum Gasteiger partial charge on any atom is -0.356 e. The predicted octanol–water partition coefficient (Wildman–Crippen LogP) is 2.36. The standard InChI is InChI=1S/C15H28N4S/c1-12(13-8-7-9-20-13)10-17-14(16-4)18-11-15(2,3)19(5)6/h7-9,12H,10-11H2,1-6H3,(H2,16,17,18). The average molecular weight is 296 g/mol. The number of thiophene rings is 1. The molecule has 1 aromatic heterocycles. The Morgan fingerprint density at radius 2 is 2.10 bits per heavy atom. The highest BCUT2D eigenvalue weighted by Crippen LogP contribution is 2.19. The van der Waals surface area contributed by atoms with E-state index in [0.29, 0.717) is 5.92 Å². The van der Waals surface area contributed by atoms with Crippen molar-refractivity contribution >= 4 is 17.3 Å². The smallest absolute Gasteiger partial charge is 0.191 e. The Labute approximate surface area is 127 Å². The van der Waals surface area contributed by atoms with Gasteiger partial charge in [-0.2, -0.15) is 0 Å². The lowest BCUT2D eigenvalue weighted by atomic mass is 10.0. The number of nitrogens with zero attached hydrogens (tertiary/aromatic N) is 2. The molecule has 5 heteroatoms.